The Morgan fingerprint density at radius 3 is 2.34 bits per heavy atom. The lowest BCUT2D eigenvalue weighted by molar-refractivity contribution is -0.145. The van der Waals surface area contributed by atoms with Crippen LogP contribution in [0.4, 0.5) is 18.9 Å². The molecule has 0 aliphatic carbocycles. The van der Waals surface area contributed by atoms with Crippen LogP contribution in [0.3, 0.4) is 0 Å². The Balaban J connectivity index is 1.48. The highest BCUT2D eigenvalue weighted by molar-refractivity contribution is 6.42. The molecule has 0 aromatic heterocycles. The third-order valence-electron chi connectivity index (χ3n) is 7.97. The van der Waals surface area contributed by atoms with Gasteiger partial charge in [-0.1, -0.05) is 47.5 Å². The second-order valence-corrected chi connectivity index (χ2v) is 11.6. The Labute approximate surface area is 263 Å². The second kappa shape index (κ2) is 15.1. The molecule has 14 heteroatoms. The lowest BCUT2D eigenvalue weighted by atomic mass is 9.92. The van der Waals surface area contributed by atoms with Gasteiger partial charge < -0.3 is 26.2 Å². The number of piperidine rings is 1. The van der Waals surface area contributed by atoms with E-state index in [1.165, 1.54) is 17.0 Å². The summed E-state index contributed by atoms with van der Waals surface area (Å²) in [6.07, 6.45) is -1.65. The molecule has 44 heavy (non-hydrogen) atoms. The third-order valence-corrected chi connectivity index (χ3v) is 8.75. The molecule has 0 saturated carbocycles. The van der Waals surface area contributed by atoms with Crippen molar-refractivity contribution in [3.63, 3.8) is 0 Å². The quantitative estimate of drug-likeness (QED) is 0.330. The van der Waals surface area contributed by atoms with E-state index in [-0.39, 0.29) is 67.5 Å². The van der Waals surface area contributed by atoms with Crippen molar-refractivity contribution in [2.24, 2.45) is 5.73 Å². The van der Waals surface area contributed by atoms with Gasteiger partial charge in [-0.25, -0.2) is 13.2 Å². The Hall–Kier alpha value is -3.35. The van der Waals surface area contributed by atoms with Crippen LogP contribution in [0.15, 0.2) is 36.4 Å². The molecule has 0 spiro atoms. The lowest BCUT2D eigenvalue weighted by Gasteiger charge is -2.37. The van der Waals surface area contributed by atoms with Crippen LogP contribution in [0.2, 0.25) is 10.0 Å². The van der Waals surface area contributed by atoms with Crippen molar-refractivity contribution in [2.45, 2.75) is 76.0 Å². The first kappa shape index (κ1) is 33.5. The second-order valence-electron chi connectivity index (χ2n) is 10.8. The van der Waals surface area contributed by atoms with Crippen LogP contribution in [0.5, 0.6) is 0 Å². The standard InChI is InChI=1S/C30H34Cl2F3N5O4/c31-19-8-9-20(27(33)26(19)32)37-29(43)21(12-13-36)38-30(44)23-15-17-5-1-2-6-18(17)16-40(23)25(42)11-10-24(41)39-14-4-3-7-22(39)28(34)35/h1-2,5-6,8-9,21-23,28H,3-4,7,10-16,36H2,(H,37,43)(H,38,44)/t21-,22?,23-/m0/s1. The number of rotatable bonds is 10. The van der Waals surface area contributed by atoms with Gasteiger partial charge in [0.1, 0.15) is 12.1 Å². The van der Waals surface area contributed by atoms with E-state index < -0.39 is 54.0 Å². The summed E-state index contributed by atoms with van der Waals surface area (Å²) in [5, 5.41) is 4.62. The number of carbonyl (C=O) groups excluding carboxylic acids is 4. The minimum atomic E-state index is -2.67. The molecule has 2 aliphatic heterocycles. The molecule has 1 unspecified atom stereocenters. The highest BCUT2D eigenvalue weighted by Gasteiger charge is 2.37. The summed E-state index contributed by atoms with van der Waals surface area (Å²) in [6, 6.07) is 6.42. The molecule has 4 amide bonds. The van der Waals surface area contributed by atoms with Gasteiger partial charge in [0.15, 0.2) is 5.82 Å². The fraction of sp³-hybridized carbons (Fsp3) is 0.467. The SMILES string of the molecule is NCC[C@H](NC(=O)[C@@H]1Cc2ccccc2CN1C(=O)CCC(=O)N1CCCCC1C(F)F)C(=O)Nc1ccc(Cl)c(Cl)c1F. The minimum absolute atomic E-state index is 0.00735. The average molecular weight is 657 g/mol. The molecule has 0 radical (unpaired) electrons. The number of benzene rings is 2. The van der Waals surface area contributed by atoms with E-state index >= 15 is 0 Å². The molecule has 1 fully saturated rings. The number of carbonyl (C=O) groups is 4. The highest BCUT2D eigenvalue weighted by Crippen LogP contribution is 2.30. The maximum absolute atomic E-state index is 14.6. The first-order valence-corrected chi connectivity index (χ1v) is 15.2. The molecule has 2 aliphatic rings. The Morgan fingerprint density at radius 1 is 0.977 bits per heavy atom. The topological polar surface area (TPSA) is 125 Å². The number of halogens is 5. The van der Waals surface area contributed by atoms with Crippen LogP contribution in [0.25, 0.3) is 0 Å². The van der Waals surface area contributed by atoms with Crippen molar-refractivity contribution in [3.8, 4) is 0 Å². The molecule has 4 rings (SSSR count). The van der Waals surface area contributed by atoms with Gasteiger partial charge in [0, 0.05) is 32.4 Å². The Bertz CT molecular complexity index is 1400. The summed E-state index contributed by atoms with van der Waals surface area (Å²) < 4.78 is 41.6. The molecule has 2 heterocycles. The molecule has 0 bridgehead atoms. The van der Waals surface area contributed by atoms with E-state index in [1.807, 2.05) is 12.1 Å². The first-order chi connectivity index (χ1) is 21.0. The Morgan fingerprint density at radius 2 is 1.66 bits per heavy atom. The number of fused-ring (bicyclic) bond motifs is 1. The number of hydrogen-bond acceptors (Lipinski definition) is 5. The Kier molecular flexibility index (Phi) is 11.5. The van der Waals surface area contributed by atoms with Crippen LogP contribution in [0.1, 0.15) is 49.7 Å². The summed E-state index contributed by atoms with van der Waals surface area (Å²) in [5.41, 5.74) is 7.10. The van der Waals surface area contributed by atoms with Gasteiger partial charge in [0.05, 0.1) is 21.8 Å². The molecule has 9 nitrogen and oxygen atoms in total. The predicted octanol–water partition coefficient (Wildman–Crippen LogP) is 4.28. The van der Waals surface area contributed by atoms with E-state index in [0.717, 1.165) is 16.0 Å². The van der Waals surface area contributed by atoms with E-state index in [4.69, 9.17) is 28.9 Å². The van der Waals surface area contributed by atoms with Crippen LogP contribution >= 0.6 is 23.2 Å². The fourth-order valence-corrected chi connectivity index (χ4v) is 5.91. The largest absolute Gasteiger partial charge is 0.342 e. The normalized spacial score (nSPS) is 18.9. The average Bonchev–Trinajstić information content (AvgIpc) is 3.02. The number of nitrogens with two attached hydrogens (primary N) is 1. The van der Waals surface area contributed by atoms with Gasteiger partial charge in [-0.15, -0.1) is 0 Å². The van der Waals surface area contributed by atoms with Crippen LogP contribution in [-0.2, 0) is 32.1 Å². The number of likely N-dealkylation sites (tertiary alicyclic amines) is 1. The zero-order valence-electron chi connectivity index (χ0n) is 23.8. The van der Waals surface area contributed by atoms with Crippen LogP contribution in [-0.4, -0.2) is 71.1 Å². The summed E-state index contributed by atoms with van der Waals surface area (Å²) in [6.45, 7) is 0.296. The number of nitrogens with zero attached hydrogens (tertiary/aromatic N) is 2. The fourth-order valence-electron chi connectivity index (χ4n) is 5.60. The zero-order valence-corrected chi connectivity index (χ0v) is 25.4. The number of nitrogens with one attached hydrogen (secondary N) is 2. The smallest absolute Gasteiger partial charge is 0.258 e. The van der Waals surface area contributed by atoms with Gasteiger partial charge >= 0.3 is 0 Å². The maximum Gasteiger partial charge on any atom is 0.258 e. The van der Waals surface area contributed by atoms with Crippen molar-refractivity contribution < 1.29 is 32.3 Å². The maximum atomic E-state index is 14.6. The van der Waals surface area contributed by atoms with Gasteiger partial charge in [-0.2, -0.15) is 0 Å². The molecular weight excluding hydrogens is 622 g/mol. The minimum Gasteiger partial charge on any atom is -0.342 e. The summed E-state index contributed by atoms with van der Waals surface area (Å²) in [7, 11) is 0. The van der Waals surface area contributed by atoms with Gasteiger partial charge in [0.25, 0.3) is 6.43 Å². The molecule has 2 aromatic carbocycles. The van der Waals surface area contributed by atoms with Gasteiger partial charge in [-0.05, 0) is 55.5 Å². The monoisotopic (exact) mass is 655 g/mol. The summed E-state index contributed by atoms with van der Waals surface area (Å²) in [4.78, 5) is 55.5. The lowest BCUT2D eigenvalue weighted by Crippen LogP contribution is -2.56. The van der Waals surface area contributed by atoms with Crippen molar-refractivity contribution in [2.75, 3.05) is 18.4 Å². The van der Waals surface area contributed by atoms with E-state index in [1.54, 1.807) is 12.1 Å². The molecule has 238 valence electrons. The number of amides is 4. The predicted molar refractivity (Wildman–Crippen MR) is 160 cm³/mol. The van der Waals surface area contributed by atoms with Crippen molar-refractivity contribution >= 4 is 52.5 Å². The highest BCUT2D eigenvalue weighted by atomic mass is 35.5. The number of hydrogen-bond donors (Lipinski definition) is 3. The van der Waals surface area contributed by atoms with Crippen molar-refractivity contribution in [3.05, 3.63) is 63.4 Å². The van der Waals surface area contributed by atoms with E-state index in [0.29, 0.717) is 12.8 Å². The van der Waals surface area contributed by atoms with Gasteiger partial charge in [-0.3, -0.25) is 19.2 Å². The van der Waals surface area contributed by atoms with Gasteiger partial charge in [0.2, 0.25) is 23.6 Å². The summed E-state index contributed by atoms with van der Waals surface area (Å²) >= 11 is 11.7. The van der Waals surface area contributed by atoms with Crippen molar-refractivity contribution in [1.82, 2.24) is 15.1 Å². The van der Waals surface area contributed by atoms with E-state index in [9.17, 15) is 32.3 Å². The zero-order chi connectivity index (χ0) is 32.0. The molecule has 4 N–H and O–H groups in total. The molecular formula is C30H34Cl2F3N5O4. The summed E-state index contributed by atoms with van der Waals surface area (Å²) in [5.74, 6) is -3.37. The van der Waals surface area contributed by atoms with Crippen LogP contribution < -0.4 is 16.4 Å². The van der Waals surface area contributed by atoms with Crippen molar-refractivity contribution in [1.29, 1.82) is 0 Å². The number of alkyl halides is 2. The molecule has 1 saturated heterocycles. The third kappa shape index (κ3) is 7.83. The first-order valence-electron chi connectivity index (χ1n) is 14.4. The number of anilines is 1. The van der Waals surface area contributed by atoms with Crippen LogP contribution in [0, 0.1) is 5.82 Å². The van der Waals surface area contributed by atoms with E-state index in [2.05, 4.69) is 10.6 Å². The molecule has 3 atom stereocenters. The molecule has 2 aromatic rings.